The zero-order valence-electron chi connectivity index (χ0n) is 21.3. The van der Waals surface area contributed by atoms with Gasteiger partial charge in [-0.1, -0.05) is 15.9 Å². The molecule has 0 spiro atoms. The van der Waals surface area contributed by atoms with E-state index in [0.717, 1.165) is 47.6 Å². The van der Waals surface area contributed by atoms with Crippen molar-refractivity contribution in [3.8, 4) is 0 Å². The number of ketones is 1. The first kappa shape index (κ1) is 25.5. The summed E-state index contributed by atoms with van der Waals surface area (Å²) in [6, 6.07) is 5.67. The second kappa shape index (κ2) is 10.3. The first-order valence-corrected chi connectivity index (χ1v) is 13.4. The van der Waals surface area contributed by atoms with E-state index in [1.165, 1.54) is 0 Å². The van der Waals surface area contributed by atoms with E-state index in [4.69, 9.17) is 4.74 Å². The average Bonchev–Trinajstić information content (AvgIpc) is 3.70. The lowest BCUT2D eigenvalue weighted by atomic mass is 10.0. The van der Waals surface area contributed by atoms with E-state index >= 15 is 0 Å². The molecule has 5 rings (SSSR count). The van der Waals surface area contributed by atoms with E-state index < -0.39 is 11.7 Å². The highest BCUT2D eigenvalue weighted by Gasteiger charge is 2.34. The van der Waals surface area contributed by atoms with Gasteiger partial charge in [0.05, 0.1) is 40.9 Å². The van der Waals surface area contributed by atoms with E-state index in [2.05, 4.69) is 41.5 Å². The van der Waals surface area contributed by atoms with Gasteiger partial charge in [-0.05, 0) is 71.2 Å². The van der Waals surface area contributed by atoms with E-state index in [9.17, 15) is 9.59 Å². The van der Waals surface area contributed by atoms with Crippen molar-refractivity contribution in [1.82, 2.24) is 20.3 Å². The SMILES string of the molecule is CC(C)(C)OC(=O)N(c1ncc(Nc2c(C(=O)C3CC3)cnc3ccc(Br)cc23)cn1)C1CCCNC1. The zero-order valence-corrected chi connectivity index (χ0v) is 22.8. The van der Waals surface area contributed by atoms with Crippen molar-refractivity contribution in [3.63, 3.8) is 0 Å². The first-order chi connectivity index (χ1) is 17.7. The van der Waals surface area contributed by atoms with Gasteiger partial charge in [0.15, 0.2) is 5.78 Å². The number of carbonyl (C=O) groups is 2. The van der Waals surface area contributed by atoms with Crippen molar-refractivity contribution in [2.45, 2.75) is 58.1 Å². The molecule has 9 nitrogen and oxygen atoms in total. The van der Waals surface area contributed by atoms with Gasteiger partial charge < -0.3 is 15.4 Å². The molecule has 3 aromatic rings. The van der Waals surface area contributed by atoms with Crippen LogP contribution < -0.4 is 15.5 Å². The Morgan fingerprint density at radius 2 is 1.86 bits per heavy atom. The lowest BCUT2D eigenvalue weighted by Crippen LogP contribution is -2.51. The highest BCUT2D eigenvalue weighted by atomic mass is 79.9. The maximum Gasteiger partial charge on any atom is 0.417 e. The van der Waals surface area contributed by atoms with Crippen LogP contribution in [0.25, 0.3) is 10.9 Å². The molecule has 10 heteroatoms. The lowest BCUT2D eigenvalue weighted by molar-refractivity contribution is 0.0557. The number of fused-ring (bicyclic) bond motifs is 1. The molecular weight excluding hydrogens is 536 g/mol. The Labute approximate surface area is 224 Å². The molecule has 0 bridgehead atoms. The number of halogens is 1. The number of pyridine rings is 1. The summed E-state index contributed by atoms with van der Waals surface area (Å²) in [5.41, 5.74) is 1.98. The topological polar surface area (TPSA) is 109 Å². The Morgan fingerprint density at radius 3 is 2.51 bits per heavy atom. The minimum absolute atomic E-state index is 0.0528. The summed E-state index contributed by atoms with van der Waals surface area (Å²) in [5.74, 6) is 0.428. The van der Waals surface area contributed by atoms with Gasteiger partial charge in [-0.2, -0.15) is 0 Å². The van der Waals surface area contributed by atoms with Crippen LogP contribution in [0.1, 0.15) is 56.8 Å². The fraction of sp³-hybridized carbons (Fsp3) is 0.444. The number of piperidine rings is 1. The standard InChI is InChI=1S/C27H31BrN6O3/c1-27(2,3)37-26(36)34(19-5-4-10-29-14-19)25-31-12-18(13-32-25)33-23-20-11-17(28)8-9-22(20)30-15-21(23)24(35)16-6-7-16/h8-9,11-13,15-16,19,29H,4-7,10,14H2,1-3H3,(H,30,33). The molecule has 1 saturated carbocycles. The average molecular weight is 567 g/mol. The smallest absolute Gasteiger partial charge is 0.417 e. The molecule has 1 atom stereocenters. The molecular formula is C27H31BrN6O3. The van der Waals surface area contributed by atoms with Crippen LogP contribution in [-0.4, -0.2) is 51.6 Å². The number of benzene rings is 1. The third-order valence-corrected chi connectivity index (χ3v) is 6.89. The molecule has 2 fully saturated rings. The van der Waals surface area contributed by atoms with Gasteiger partial charge in [-0.3, -0.25) is 9.78 Å². The molecule has 1 unspecified atom stereocenters. The second-order valence-electron chi connectivity index (χ2n) is 10.6. The van der Waals surface area contributed by atoms with Crippen LogP contribution in [0.2, 0.25) is 0 Å². The van der Waals surface area contributed by atoms with Crippen molar-refractivity contribution >= 4 is 56.0 Å². The fourth-order valence-corrected chi connectivity index (χ4v) is 4.83. The molecule has 1 aliphatic heterocycles. The highest BCUT2D eigenvalue weighted by Crippen LogP contribution is 2.38. The molecule has 1 aromatic carbocycles. The lowest BCUT2D eigenvalue weighted by Gasteiger charge is -2.34. The number of aromatic nitrogens is 3. The predicted octanol–water partition coefficient (Wildman–Crippen LogP) is 5.62. The van der Waals surface area contributed by atoms with Crippen LogP contribution in [0.5, 0.6) is 0 Å². The summed E-state index contributed by atoms with van der Waals surface area (Å²) in [5, 5.41) is 7.53. The number of hydrogen-bond donors (Lipinski definition) is 2. The highest BCUT2D eigenvalue weighted by molar-refractivity contribution is 9.10. The van der Waals surface area contributed by atoms with Crippen LogP contribution in [0.15, 0.2) is 41.3 Å². The number of carbonyl (C=O) groups excluding carboxylic acids is 2. The van der Waals surface area contributed by atoms with Gasteiger partial charge in [0.25, 0.3) is 0 Å². The number of amides is 1. The maximum atomic E-state index is 13.1. The van der Waals surface area contributed by atoms with Crippen LogP contribution in [0.3, 0.4) is 0 Å². The van der Waals surface area contributed by atoms with Crippen LogP contribution in [-0.2, 0) is 4.74 Å². The number of ether oxygens (including phenoxy) is 1. The summed E-state index contributed by atoms with van der Waals surface area (Å²) < 4.78 is 6.57. The van der Waals surface area contributed by atoms with E-state index in [1.54, 1.807) is 23.5 Å². The summed E-state index contributed by atoms with van der Waals surface area (Å²) in [6.07, 6.45) is 8.04. The molecule has 1 aliphatic carbocycles. The number of rotatable bonds is 6. The summed E-state index contributed by atoms with van der Waals surface area (Å²) in [7, 11) is 0. The second-order valence-corrected chi connectivity index (χ2v) is 11.5. The third-order valence-electron chi connectivity index (χ3n) is 6.39. The van der Waals surface area contributed by atoms with Gasteiger partial charge in [0, 0.05) is 28.5 Å². The Hall–Kier alpha value is -3.11. The summed E-state index contributed by atoms with van der Waals surface area (Å²) in [4.78, 5) is 41.3. The fourth-order valence-electron chi connectivity index (χ4n) is 4.47. The van der Waals surface area contributed by atoms with E-state index in [1.807, 2.05) is 39.0 Å². The first-order valence-electron chi connectivity index (χ1n) is 12.6. The van der Waals surface area contributed by atoms with Gasteiger partial charge >= 0.3 is 6.09 Å². The van der Waals surface area contributed by atoms with Crippen molar-refractivity contribution in [1.29, 1.82) is 0 Å². The molecule has 1 saturated heterocycles. The largest absolute Gasteiger partial charge is 0.443 e. The van der Waals surface area contributed by atoms with Crippen molar-refractivity contribution in [2.24, 2.45) is 5.92 Å². The number of Topliss-reactive ketones (excluding diaryl/α,β-unsaturated/α-hetero) is 1. The minimum Gasteiger partial charge on any atom is -0.443 e. The molecule has 0 radical (unpaired) electrons. The quantitative estimate of drug-likeness (QED) is 0.370. The molecule has 3 heterocycles. The van der Waals surface area contributed by atoms with Crippen molar-refractivity contribution < 1.29 is 14.3 Å². The summed E-state index contributed by atoms with van der Waals surface area (Å²) >= 11 is 3.53. The Kier molecular flexibility index (Phi) is 7.13. The van der Waals surface area contributed by atoms with Gasteiger partial charge in [0.1, 0.15) is 5.60 Å². The molecule has 1 amide bonds. The number of hydrogen-bond acceptors (Lipinski definition) is 8. The number of anilines is 3. The predicted molar refractivity (Wildman–Crippen MR) is 146 cm³/mol. The van der Waals surface area contributed by atoms with Gasteiger partial charge in [0.2, 0.25) is 5.95 Å². The molecule has 194 valence electrons. The molecule has 37 heavy (non-hydrogen) atoms. The van der Waals surface area contributed by atoms with Crippen LogP contribution >= 0.6 is 15.9 Å². The Bertz CT molecular complexity index is 1310. The zero-order chi connectivity index (χ0) is 26.2. The van der Waals surface area contributed by atoms with Crippen molar-refractivity contribution in [2.75, 3.05) is 23.3 Å². The van der Waals surface area contributed by atoms with Crippen LogP contribution in [0, 0.1) is 5.92 Å². The Balaban J connectivity index is 1.47. The third kappa shape index (κ3) is 5.91. The van der Waals surface area contributed by atoms with E-state index in [-0.39, 0.29) is 23.7 Å². The molecule has 2 N–H and O–H groups in total. The normalized spacial score (nSPS) is 17.9. The maximum absolute atomic E-state index is 13.1. The molecule has 2 aliphatic rings. The summed E-state index contributed by atoms with van der Waals surface area (Å²) in [6.45, 7) is 7.09. The number of nitrogens with zero attached hydrogens (tertiary/aromatic N) is 4. The number of nitrogens with one attached hydrogen (secondary N) is 2. The van der Waals surface area contributed by atoms with E-state index in [0.29, 0.717) is 23.5 Å². The monoisotopic (exact) mass is 566 g/mol. The molecule has 2 aromatic heterocycles. The van der Waals surface area contributed by atoms with Crippen LogP contribution in [0.4, 0.5) is 22.1 Å². The van der Waals surface area contributed by atoms with Gasteiger partial charge in [-0.15, -0.1) is 0 Å². The van der Waals surface area contributed by atoms with Gasteiger partial charge in [-0.25, -0.2) is 19.7 Å². The Morgan fingerprint density at radius 1 is 1.11 bits per heavy atom. The minimum atomic E-state index is -0.639. The van der Waals surface area contributed by atoms with Crippen molar-refractivity contribution in [3.05, 3.63) is 46.8 Å².